The normalized spacial score (nSPS) is 11.9. The second-order valence-electron chi connectivity index (χ2n) is 12.8. The summed E-state index contributed by atoms with van der Waals surface area (Å²) in [5.74, 6) is 1.04. The van der Waals surface area contributed by atoms with Gasteiger partial charge in [-0.2, -0.15) is 0 Å². The summed E-state index contributed by atoms with van der Waals surface area (Å²) in [4.78, 5) is 10.6. The Morgan fingerprint density at radius 2 is 1.00 bits per heavy atom. The molecule has 0 aliphatic rings. The predicted molar refractivity (Wildman–Crippen MR) is 207 cm³/mol. The van der Waals surface area contributed by atoms with Gasteiger partial charge in [0.1, 0.15) is 5.82 Å². The van der Waals surface area contributed by atoms with Gasteiger partial charge in [-0.3, -0.25) is 4.57 Å². The molecule has 0 amide bonds. The highest BCUT2D eigenvalue weighted by Crippen LogP contribution is 2.40. The summed E-state index contributed by atoms with van der Waals surface area (Å²) >= 11 is 0. The summed E-state index contributed by atoms with van der Waals surface area (Å²) in [5, 5.41) is 11.1. The van der Waals surface area contributed by atoms with Crippen molar-refractivity contribution in [2.45, 2.75) is 13.3 Å². The lowest BCUT2D eigenvalue weighted by Gasteiger charge is -2.13. The van der Waals surface area contributed by atoms with Crippen LogP contribution in [0.1, 0.15) is 12.7 Å². The van der Waals surface area contributed by atoms with Crippen LogP contribution in [-0.4, -0.2) is 14.5 Å². The number of fused-ring (bicyclic) bond motifs is 11. The van der Waals surface area contributed by atoms with Gasteiger partial charge < -0.3 is 0 Å². The van der Waals surface area contributed by atoms with Crippen molar-refractivity contribution in [2.75, 3.05) is 0 Å². The van der Waals surface area contributed by atoms with E-state index in [1.165, 1.54) is 48.8 Å². The van der Waals surface area contributed by atoms with Crippen LogP contribution in [0.4, 0.5) is 0 Å². The van der Waals surface area contributed by atoms with E-state index in [4.69, 9.17) is 9.97 Å². The Balaban J connectivity index is 1.17. The zero-order valence-electron chi connectivity index (χ0n) is 27.1. The molecule has 0 aliphatic heterocycles. The molecule has 3 nitrogen and oxygen atoms in total. The Morgan fingerprint density at radius 3 is 1.69 bits per heavy atom. The summed E-state index contributed by atoms with van der Waals surface area (Å²) in [6, 6.07) is 56.8. The van der Waals surface area contributed by atoms with Crippen molar-refractivity contribution in [2.24, 2.45) is 0 Å². The van der Waals surface area contributed by atoms with Gasteiger partial charge in [0.15, 0.2) is 0 Å². The van der Waals surface area contributed by atoms with Gasteiger partial charge in [-0.05, 0) is 79.2 Å². The summed E-state index contributed by atoms with van der Waals surface area (Å²) in [6.45, 7) is 2.17. The third-order valence-electron chi connectivity index (χ3n) is 10.1. The van der Waals surface area contributed by atoms with Crippen LogP contribution in [-0.2, 0) is 6.42 Å². The minimum Gasteiger partial charge on any atom is -0.296 e. The van der Waals surface area contributed by atoms with Crippen molar-refractivity contribution in [1.82, 2.24) is 14.5 Å². The monoisotopic (exact) mass is 625 g/mol. The lowest BCUT2D eigenvalue weighted by molar-refractivity contribution is 0.908. The zero-order chi connectivity index (χ0) is 32.5. The number of benzene rings is 8. The largest absolute Gasteiger partial charge is 0.296 e. The molecule has 0 saturated carbocycles. The molecule has 0 radical (unpaired) electrons. The van der Waals surface area contributed by atoms with Crippen molar-refractivity contribution in [3.8, 4) is 28.1 Å². The third-order valence-corrected chi connectivity index (χ3v) is 10.1. The topological polar surface area (TPSA) is 30.7 Å². The SMILES string of the molecule is CCc1nc2c3c(-c4ccc(-c5ccc6c7ccccc7c7ccccc7c6c5)cc4)nc4ccccc4c3ccc2n1-c1ccccc1. The summed E-state index contributed by atoms with van der Waals surface area (Å²) < 4.78 is 2.30. The number of pyridine rings is 1. The number of imidazole rings is 1. The van der Waals surface area contributed by atoms with Gasteiger partial charge in [0.2, 0.25) is 0 Å². The van der Waals surface area contributed by atoms with Crippen LogP contribution in [0.25, 0.3) is 93.1 Å². The van der Waals surface area contributed by atoms with E-state index in [0.717, 1.165) is 56.5 Å². The first-order valence-corrected chi connectivity index (χ1v) is 17.0. The van der Waals surface area contributed by atoms with Crippen LogP contribution in [0.2, 0.25) is 0 Å². The van der Waals surface area contributed by atoms with E-state index in [1.807, 2.05) is 0 Å². The number of aryl methyl sites for hydroxylation is 1. The smallest absolute Gasteiger partial charge is 0.114 e. The fourth-order valence-electron chi connectivity index (χ4n) is 7.85. The number of nitrogens with zero attached hydrogens (tertiary/aromatic N) is 3. The van der Waals surface area contributed by atoms with E-state index in [1.54, 1.807) is 0 Å². The van der Waals surface area contributed by atoms with E-state index in [9.17, 15) is 0 Å². The van der Waals surface area contributed by atoms with Crippen molar-refractivity contribution in [3.63, 3.8) is 0 Å². The van der Waals surface area contributed by atoms with E-state index in [0.29, 0.717) is 0 Å². The van der Waals surface area contributed by atoms with Gasteiger partial charge in [-0.1, -0.05) is 134 Å². The minimum absolute atomic E-state index is 0.826. The molecule has 0 aliphatic carbocycles. The molecule has 0 bridgehead atoms. The van der Waals surface area contributed by atoms with Gasteiger partial charge in [0.05, 0.1) is 22.2 Å². The van der Waals surface area contributed by atoms with Crippen molar-refractivity contribution < 1.29 is 0 Å². The molecule has 0 N–H and O–H groups in total. The molecule has 0 unspecified atom stereocenters. The first-order chi connectivity index (χ1) is 24.3. The lowest BCUT2D eigenvalue weighted by atomic mass is 9.91. The van der Waals surface area contributed by atoms with Crippen LogP contribution in [0.5, 0.6) is 0 Å². The fourth-order valence-corrected chi connectivity index (χ4v) is 7.85. The Bertz CT molecular complexity index is 2870. The average Bonchev–Trinajstić information content (AvgIpc) is 3.57. The fraction of sp³-hybridized carbons (Fsp3) is 0.0435. The minimum atomic E-state index is 0.826. The summed E-state index contributed by atoms with van der Waals surface area (Å²) in [7, 11) is 0. The first kappa shape index (κ1) is 27.8. The highest BCUT2D eigenvalue weighted by Gasteiger charge is 2.19. The van der Waals surface area contributed by atoms with E-state index < -0.39 is 0 Å². The molecule has 8 aromatic carbocycles. The van der Waals surface area contributed by atoms with Gasteiger partial charge in [-0.25, -0.2) is 9.97 Å². The van der Waals surface area contributed by atoms with Crippen molar-refractivity contribution in [1.29, 1.82) is 0 Å². The molecule has 3 heteroatoms. The highest BCUT2D eigenvalue weighted by molar-refractivity contribution is 6.26. The number of hydrogen-bond donors (Lipinski definition) is 0. The lowest BCUT2D eigenvalue weighted by Crippen LogP contribution is -1.99. The second kappa shape index (κ2) is 10.9. The van der Waals surface area contributed by atoms with Gasteiger partial charge in [0, 0.05) is 28.4 Å². The maximum absolute atomic E-state index is 5.32. The Labute approximate surface area is 283 Å². The van der Waals surface area contributed by atoms with Crippen LogP contribution >= 0.6 is 0 Å². The Kier molecular flexibility index (Phi) is 6.16. The van der Waals surface area contributed by atoms with E-state index in [2.05, 4.69) is 169 Å². The van der Waals surface area contributed by atoms with E-state index >= 15 is 0 Å². The van der Waals surface area contributed by atoms with Crippen LogP contribution in [0.3, 0.4) is 0 Å². The molecule has 49 heavy (non-hydrogen) atoms. The molecule has 2 aromatic heterocycles. The number of aromatic nitrogens is 3. The first-order valence-electron chi connectivity index (χ1n) is 17.0. The molecule has 0 spiro atoms. The maximum atomic E-state index is 5.32. The molecule has 0 atom stereocenters. The number of hydrogen-bond acceptors (Lipinski definition) is 2. The average molecular weight is 626 g/mol. The quantitative estimate of drug-likeness (QED) is 0.182. The van der Waals surface area contributed by atoms with E-state index in [-0.39, 0.29) is 0 Å². The van der Waals surface area contributed by atoms with Crippen LogP contribution in [0.15, 0.2) is 158 Å². The molecule has 10 aromatic rings. The maximum Gasteiger partial charge on any atom is 0.114 e. The Hall–Kier alpha value is -6.32. The summed E-state index contributed by atoms with van der Waals surface area (Å²) in [6.07, 6.45) is 0.826. The molecule has 0 saturated heterocycles. The van der Waals surface area contributed by atoms with Crippen LogP contribution in [0, 0.1) is 0 Å². The summed E-state index contributed by atoms with van der Waals surface area (Å²) in [5.41, 5.74) is 8.62. The molecule has 230 valence electrons. The predicted octanol–water partition coefficient (Wildman–Crippen LogP) is 12.1. The van der Waals surface area contributed by atoms with Crippen molar-refractivity contribution >= 4 is 65.0 Å². The molecule has 2 heterocycles. The van der Waals surface area contributed by atoms with Crippen molar-refractivity contribution in [3.05, 3.63) is 164 Å². The van der Waals surface area contributed by atoms with Gasteiger partial charge in [-0.15, -0.1) is 0 Å². The molecular weight excluding hydrogens is 595 g/mol. The third kappa shape index (κ3) is 4.22. The second-order valence-corrected chi connectivity index (χ2v) is 12.8. The molecule has 0 fully saturated rings. The molecular formula is C46H31N3. The standard InChI is InChI=1S/C46H31N3/c1-2-43-48-46-42(49(43)32-12-4-3-5-13-32)27-26-39-38-18-10-11-19-41(38)47-45(44(39)46)30-22-20-29(21-23-30)31-24-25-37-35-16-7-6-14-33(35)34-15-8-9-17-36(34)40(37)28-31/h3-28H,2H2,1H3. The Morgan fingerprint density at radius 1 is 0.449 bits per heavy atom. The number of para-hydroxylation sites is 2. The van der Waals surface area contributed by atoms with Gasteiger partial charge >= 0.3 is 0 Å². The zero-order valence-corrected chi connectivity index (χ0v) is 27.1. The molecule has 10 rings (SSSR count). The number of rotatable bonds is 4. The van der Waals surface area contributed by atoms with Gasteiger partial charge in [0.25, 0.3) is 0 Å². The highest BCUT2D eigenvalue weighted by atomic mass is 15.1. The van der Waals surface area contributed by atoms with Crippen LogP contribution < -0.4 is 0 Å².